The summed E-state index contributed by atoms with van der Waals surface area (Å²) in [5, 5.41) is 12.2. The summed E-state index contributed by atoms with van der Waals surface area (Å²) in [6, 6.07) is 3.24. The van der Waals surface area contributed by atoms with Gasteiger partial charge in [-0.2, -0.15) is 0 Å². The van der Waals surface area contributed by atoms with Gasteiger partial charge < -0.3 is 29.7 Å². The molecule has 0 radical (unpaired) electrons. The van der Waals surface area contributed by atoms with Gasteiger partial charge >= 0.3 is 5.97 Å². The van der Waals surface area contributed by atoms with Crippen LogP contribution in [-0.4, -0.2) is 86.1 Å². The molecule has 4 aliphatic heterocycles. The number of amides is 3. The summed E-state index contributed by atoms with van der Waals surface area (Å²) in [5.41, 5.74) is 0.195. The Morgan fingerprint density at radius 3 is 2.34 bits per heavy atom. The van der Waals surface area contributed by atoms with Crippen LogP contribution in [0.3, 0.4) is 0 Å². The van der Waals surface area contributed by atoms with Gasteiger partial charge in [0.25, 0.3) is 5.91 Å². The number of carbonyl (C=O) groups excluding carboxylic acids is 3. The van der Waals surface area contributed by atoms with E-state index in [0.717, 1.165) is 12.2 Å². The lowest BCUT2D eigenvalue weighted by molar-refractivity contribution is -0.159. The van der Waals surface area contributed by atoms with E-state index in [4.69, 9.17) is 9.47 Å². The number of carboxylic acid groups (broad SMARTS) is 1. The highest BCUT2D eigenvalue weighted by Gasteiger charge is 2.64. The van der Waals surface area contributed by atoms with Crippen molar-refractivity contribution in [3.8, 4) is 11.5 Å². The highest BCUT2D eigenvalue weighted by Crippen LogP contribution is 2.50. The van der Waals surface area contributed by atoms with Crippen molar-refractivity contribution in [1.82, 2.24) is 15.1 Å². The molecule has 3 amide bonds. The van der Waals surface area contributed by atoms with Crippen LogP contribution in [0, 0.1) is 0 Å². The second-order valence-corrected chi connectivity index (χ2v) is 11.7. The average Bonchev–Trinajstić information content (AvgIpc) is 3.09. The van der Waals surface area contributed by atoms with Crippen LogP contribution in [0.4, 0.5) is 0 Å². The third-order valence-corrected chi connectivity index (χ3v) is 8.95. The molecule has 0 aliphatic carbocycles. The lowest BCUT2D eigenvalue weighted by Crippen LogP contribution is -2.70. The van der Waals surface area contributed by atoms with Crippen molar-refractivity contribution < 1.29 is 33.8 Å². The number of methoxy groups -OCH3 is 2. The molecule has 0 bridgehead atoms. The summed E-state index contributed by atoms with van der Waals surface area (Å²) in [5.74, 6) is 0.0331. The van der Waals surface area contributed by atoms with Gasteiger partial charge in [-0.25, -0.2) is 4.79 Å². The zero-order chi connectivity index (χ0) is 25.5. The number of thioether (sulfide) groups is 2. The number of fused-ring (bicyclic) bond motifs is 2. The molecule has 35 heavy (non-hydrogen) atoms. The molecule has 12 heteroatoms. The first kappa shape index (κ1) is 25.2. The predicted octanol–water partition coefficient (Wildman–Crippen LogP) is 1.75. The molecule has 10 nitrogen and oxygen atoms in total. The Labute approximate surface area is 211 Å². The fraction of sp³-hybridized carbons (Fsp3) is 0.478. The van der Waals surface area contributed by atoms with Crippen molar-refractivity contribution in [2.75, 3.05) is 20.0 Å². The Balaban J connectivity index is 0.000000266. The van der Waals surface area contributed by atoms with E-state index in [0.29, 0.717) is 16.9 Å². The van der Waals surface area contributed by atoms with Crippen LogP contribution in [-0.2, 0) is 14.4 Å². The first-order valence-electron chi connectivity index (χ1n) is 10.9. The first-order chi connectivity index (χ1) is 16.6. The normalized spacial score (nSPS) is 27.4. The van der Waals surface area contributed by atoms with Gasteiger partial charge in [0.2, 0.25) is 11.8 Å². The molecule has 1 aromatic rings. The predicted molar refractivity (Wildman–Crippen MR) is 131 cm³/mol. The van der Waals surface area contributed by atoms with Crippen LogP contribution in [0.1, 0.15) is 30.6 Å². The minimum absolute atomic E-state index is 0.195. The molecular formula is C23H27N3O7S2. The monoisotopic (exact) mass is 521 g/mol. The quantitative estimate of drug-likeness (QED) is 0.558. The molecular weight excluding hydrogens is 494 g/mol. The van der Waals surface area contributed by atoms with E-state index in [1.165, 1.54) is 30.9 Å². The van der Waals surface area contributed by atoms with E-state index < -0.39 is 40.0 Å². The SMILES string of the molecule is COc1cccc(OC)c1C(=O)N[C@@H]1C(=O)N2[C@@H]1SC(C)(C)[C@@H]2C(=O)O.O=C1C[C@H]2SCC=CN12. The van der Waals surface area contributed by atoms with E-state index in [1.807, 2.05) is 24.0 Å². The number of β-lactam (4-membered cyclic amide) rings is 2. The van der Waals surface area contributed by atoms with Crippen LogP contribution < -0.4 is 14.8 Å². The number of hydrogen-bond acceptors (Lipinski definition) is 8. The van der Waals surface area contributed by atoms with Gasteiger partial charge in [-0.3, -0.25) is 14.4 Å². The second kappa shape index (κ2) is 9.65. The van der Waals surface area contributed by atoms with Crippen molar-refractivity contribution in [2.45, 2.75) is 47.8 Å². The minimum atomic E-state index is -1.05. The maximum Gasteiger partial charge on any atom is 0.327 e. The van der Waals surface area contributed by atoms with Gasteiger partial charge in [0.1, 0.15) is 34.5 Å². The largest absolute Gasteiger partial charge is 0.496 e. The maximum absolute atomic E-state index is 12.8. The Bertz CT molecular complexity index is 1070. The van der Waals surface area contributed by atoms with E-state index in [2.05, 4.69) is 5.32 Å². The van der Waals surface area contributed by atoms with Gasteiger partial charge in [-0.15, -0.1) is 23.5 Å². The fourth-order valence-corrected chi connectivity index (χ4v) is 7.13. The van der Waals surface area contributed by atoms with Crippen molar-refractivity contribution in [1.29, 1.82) is 0 Å². The molecule has 0 spiro atoms. The van der Waals surface area contributed by atoms with Crippen LogP contribution >= 0.6 is 23.5 Å². The van der Waals surface area contributed by atoms with Crippen LogP contribution in [0.2, 0.25) is 0 Å². The Kier molecular flexibility index (Phi) is 6.96. The second-order valence-electron chi connectivity index (χ2n) is 8.76. The molecule has 0 saturated carbocycles. The molecule has 0 aromatic heterocycles. The summed E-state index contributed by atoms with van der Waals surface area (Å²) >= 11 is 3.21. The number of carbonyl (C=O) groups is 4. The number of nitrogens with one attached hydrogen (secondary N) is 1. The summed E-state index contributed by atoms with van der Waals surface area (Å²) in [4.78, 5) is 50.6. The molecule has 4 atom stereocenters. The first-order valence-corrected chi connectivity index (χ1v) is 12.9. The standard InChI is InChI=1S/C17H20N2O6S.C6H7NOS/c1-17(2)12(16(22)23)19-14(21)11(15(19)26-17)18-13(20)10-8(24-3)6-5-7-9(10)25-4;8-5-4-6-7(5)2-1-3-9-6/h5-7,11-12,15H,1-4H3,(H,18,20)(H,22,23);1-2,6H,3-4H2/t11-,12+,15-;6-/m11/s1. The van der Waals surface area contributed by atoms with E-state index >= 15 is 0 Å². The molecule has 188 valence electrons. The van der Waals surface area contributed by atoms with Gasteiger partial charge in [0, 0.05) is 16.7 Å². The molecule has 0 unspecified atom stereocenters. The lowest BCUT2D eigenvalue weighted by Gasteiger charge is -2.43. The number of hydrogen-bond donors (Lipinski definition) is 2. The molecule has 4 heterocycles. The molecule has 2 N–H and O–H groups in total. The third kappa shape index (κ3) is 4.44. The van der Waals surface area contributed by atoms with Gasteiger partial charge in [0.05, 0.1) is 26.0 Å². The zero-order valence-electron chi connectivity index (χ0n) is 19.7. The highest BCUT2D eigenvalue weighted by molar-refractivity contribution is 8.01. The van der Waals surface area contributed by atoms with Gasteiger partial charge in [-0.05, 0) is 26.0 Å². The number of rotatable bonds is 5. The summed E-state index contributed by atoms with van der Waals surface area (Å²) in [6.45, 7) is 3.56. The Hall–Kier alpha value is -2.86. The van der Waals surface area contributed by atoms with E-state index in [1.54, 1.807) is 36.9 Å². The van der Waals surface area contributed by atoms with Crippen LogP contribution in [0.5, 0.6) is 11.5 Å². The number of aliphatic carboxylic acids is 1. The van der Waals surface area contributed by atoms with E-state index in [-0.39, 0.29) is 11.5 Å². The fourth-order valence-electron chi connectivity index (χ4n) is 4.48. The summed E-state index contributed by atoms with van der Waals surface area (Å²) in [6.07, 6.45) is 4.67. The molecule has 5 rings (SSSR count). The summed E-state index contributed by atoms with van der Waals surface area (Å²) < 4.78 is 9.79. The Morgan fingerprint density at radius 2 is 1.83 bits per heavy atom. The van der Waals surface area contributed by atoms with Crippen molar-refractivity contribution in [2.24, 2.45) is 0 Å². The van der Waals surface area contributed by atoms with Crippen molar-refractivity contribution in [3.63, 3.8) is 0 Å². The zero-order valence-corrected chi connectivity index (χ0v) is 21.4. The lowest BCUT2D eigenvalue weighted by atomic mass is 9.96. The molecule has 4 aliphatic rings. The van der Waals surface area contributed by atoms with Gasteiger partial charge in [0.15, 0.2) is 0 Å². The van der Waals surface area contributed by atoms with Crippen LogP contribution in [0.15, 0.2) is 30.5 Å². The molecule has 1 aromatic carbocycles. The number of nitrogens with zero attached hydrogens (tertiary/aromatic N) is 2. The topological polar surface area (TPSA) is 125 Å². The minimum Gasteiger partial charge on any atom is -0.496 e. The summed E-state index contributed by atoms with van der Waals surface area (Å²) in [7, 11) is 2.88. The van der Waals surface area contributed by atoms with Crippen molar-refractivity contribution in [3.05, 3.63) is 36.0 Å². The number of benzene rings is 1. The molecule has 3 fully saturated rings. The number of carboxylic acids is 1. The molecule has 3 saturated heterocycles. The number of ether oxygens (including phenoxy) is 2. The smallest absolute Gasteiger partial charge is 0.327 e. The third-order valence-electron chi connectivity index (χ3n) is 6.21. The Morgan fingerprint density at radius 1 is 1.17 bits per heavy atom. The highest BCUT2D eigenvalue weighted by atomic mass is 32.2. The maximum atomic E-state index is 12.8. The van der Waals surface area contributed by atoms with Crippen molar-refractivity contribution >= 4 is 47.2 Å². The average molecular weight is 522 g/mol. The van der Waals surface area contributed by atoms with Gasteiger partial charge in [-0.1, -0.05) is 12.1 Å². The van der Waals surface area contributed by atoms with E-state index in [9.17, 15) is 24.3 Å². The van der Waals surface area contributed by atoms with Crippen LogP contribution in [0.25, 0.3) is 0 Å².